The maximum absolute atomic E-state index is 13.2. The lowest BCUT2D eigenvalue weighted by Crippen LogP contribution is -2.27. The molecule has 5 heteroatoms. The number of hydrogen-bond acceptors (Lipinski definition) is 4. The second-order valence-corrected chi connectivity index (χ2v) is 6.93. The van der Waals surface area contributed by atoms with Crippen LogP contribution in [0.25, 0.3) is 0 Å². The van der Waals surface area contributed by atoms with Gasteiger partial charge in [-0.25, -0.2) is 0 Å². The van der Waals surface area contributed by atoms with E-state index in [9.17, 15) is 9.59 Å². The molecule has 2 atom stereocenters. The SMILES string of the molecule is CCCCC(C(=O)OCc1ccccc1)C(=O)c1c(C)cc(C)cc1C.O=[PH2+]. The lowest BCUT2D eigenvalue weighted by Gasteiger charge is -2.18. The zero-order chi connectivity index (χ0) is 21.1. The number of Topliss-reactive ketones (excluding diaryl/α,β-unsaturated/α-hetero) is 1. The number of ether oxygens (including phenoxy) is 1. The highest BCUT2D eigenvalue weighted by Gasteiger charge is 2.30. The molecular weight excluding hydrogens is 371 g/mol. The Labute approximate surface area is 169 Å². The van der Waals surface area contributed by atoms with Crippen molar-refractivity contribution in [2.75, 3.05) is 0 Å². The molecule has 0 aliphatic carbocycles. The largest absolute Gasteiger partial charge is 0.460 e. The van der Waals surface area contributed by atoms with Gasteiger partial charge in [0.05, 0.1) is 0 Å². The van der Waals surface area contributed by atoms with E-state index < -0.39 is 11.9 Å². The molecule has 4 nitrogen and oxygen atoms in total. The van der Waals surface area contributed by atoms with Gasteiger partial charge in [0, 0.05) is 5.56 Å². The van der Waals surface area contributed by atoms with E-state index in [-0.39, 0.29) is 12.4 Å². The van der Waals surface area contributed by atoms with Crippen molar-refractivity contribution in [1.82, 2.24) is 0 Å². The Morgan fingerprint density at radius 1 is 1.00 bits per heavy atom. The number of unbranched alkanes of at least 4 members (excludes halogenated alkanes) is 1. The summed E-state index contributed by atoms with van der Waals surface area (Å²) in [7, 11) is 1.17. The van der Waals surface area contributed by atoms with Gasteiger partial charge in [-0.2, -0.15) is 0 Å². The predicted octanol–water partition coefficient (Wildman–Crippen LogP) is 5.55. The van der Waals surface area contributed by atoms with E-state index in [2.05, 4.69) is 6.92 Å². The molecule has 0 bridgehead atoms. The number of esters is 1. The molecule has 0 heterocycles. The number of carbonyl (C=O) groups is 2. The number of aryl methyl sites for hydroxylation is 3. The Kier molecular flexibility index (Phi) is 10.3. The number of carbonyl (C=O) groups excluding carboxylic acids is 2. The van der Waals surface area contributed by atoms with E-state index in [0.29, 0.717) is 12.0 Å². The fourth-order valence-corrected chi connectivity index (χ4v) is 3.34. The molecule has 2 rings (SSSR count). The predicted molar refractivity (Wildman–Crippen MR) is 115 cm³/mol. The fourth-order valence-electron chi connectivity index (χ4n) is 3.34. The topological polar surface area (TPSA) is 60.4 Å². The molecule has 0 aromatic heterocycles. The molecule has 0 saturated heterocycles. The minimum atomic E-state index is -0.737. The van der Waals surface area contributed by atoms with E-state index in [1.165, 1.54) is 9.12 Å². The van der Waals surface area contributed by atoms with E-state index in [1.54, 1.807) is 0 Å². The molecule has 0 N–H and O–H groups in total. The van der Waals surface area contributed by atoms with Gasteiger partial charge in [-0.1, -0.05) is 72.4 Å². The Bertz CT molecular complexity index is 763. The second-order valence-electron chi connectivity index (χ2n) is 6.93. The van der Waals surface area contributed by atoms with Crippen LogP contribution in [0.3, 0.4) is 0 Å². The minimum Gasteiger partial charge on any atom is -0.460 e. The standard InChI is InChI=1S/C23H28O3.H2OP/c1-5-6-12-20(23(25)26-15-19-10-8-7-9-11-19)22(24)21-17(3)13-16(2)14-18(21)4;1-2/h7-11,13-14,20H,5-6,12,15H2,1-4H3;2H2/q;+1. The van der Waals surface area contributed by atoms with Gasteiger partial charge < -0.3 is 4.74 Å². The molecule has 0 spiro atoms. The highest BCUT2D eigenvalue weighted by atomic mass is 31.0. The average molecular weight is 401 g/mol. The van der Waals surface area contributed by atoms with Crippen LogP contribution in [0.15, 0.2) is 42.5 Å². The second kappa shape index (κ2) is 12.2. The number of benzene rings is 2. The van der Waals surface area contributed by atoms with Crippen LogP contribution >= 0.6 is 9.12 Å². The van der Waals surface area contributed by atoms with E-state index in [4.69, 9.17) is 9.30 Å². The molecule has 2 unspecified atom stereocenters. The monoisotopic (exact) mass is 401 g/mol. The first-order valence-electron chi connectivity index (χ1n) is 9.50. The minimum absolute atomic E-state index is 0.119. The zero-order valence-corrected chi connectivity index (χ0v) is 18.3. The molecule has 0 radical (unpaired) electrons. The van der Waals surface area contributed by atoms with E-state index >= 15 is 0 Å². The van der Waals surface area contributed by atoms with Gasteiger partial charge in [-0.05, 0) is 43.9 Å². The maximum Gasteiger partial charge on any atom is 0.317 e. The third kappa shape index (κ3) is 6.69. The smallest absolute Gasteiger partial charge is 0.317 e. The van der Waals surface area contributed by atoms with E-state index in [1.807, 2.05) is 63.2 Å². The highest BCUT2D eigenvalue weighted by Crippen LogP contribution is 2.24. The third-order valence-corrected chi connectivity index (χ3v) is 4.59. The van der Waals surface area contributed by atoms with Crippen molar-refractivity contribution in [2.24, 2.45) is 5.92 Å². The van der Waals surface area contributed by atoms with E-state index in [0.717, 1.165) is 35.1 Å². The van der Waals surface area contributed by atoms with Crippen LogP contribution in [0.1, 0.15) is 58.8 Å². The summed E-state index contributed by atoms with van der Waals surface area (Å²) in [6.45, 7) is 8.12. The molecule has 0 aliphatic rings. The molecule has 28 heavy (non-hydrogen) atoms. The van der Waals surface area contributed by atoms with Crippen LogP contribution < -0.4 is 0 Å². The van der Waals surface area contributed by atoms with Gasteiger partial charge in [-0.15, -0.1) is 0 Å². The van der Waals surface area contributed by atoms with Crippen molar-refractivity contribution in [3.8, 4) is 0 Å². The van der Waals surface area contributed by atoms with Crippen LogP contribution in [0.4, 0.5) is 0 Å². The van der Waals surface area contributed by atoms with Gasteiger partial charge in [0.1, 0.15) is 12.5 Å². The van der Waals surface area contributed by atoms with Crippen LogP contribution in [0.2, 0.25) is 0 Å². The summed E-state index contributed by atoms with van der Waals surface area (Å²) < 4.78 is 13.6. The molecule has 150 valence electrons. The molecular formula is C23H30O4P+. The summed E-state index contributed by atoms with van der Waals surface area (Å²) in [6, 6.07) is 13.5. The highest BCUT2D eigenvalue weighted by molar-refractivity contribution is 7.00. The lowest BCUT2D eigenvalue weighted by atomic mass is 9.87. The van der Waals surface area contributed by atoms with Crippen LogP contribution in [0.5, 0.6) is 0 Å². The summed E-state index contributed by atoms with van der Waals surface area (Å²) in [5, 5.41) is 0. The Hall–Kier alpha value is -2.32. The molecule has 0 fully saturated rings. The van der Waals surface area contributed by atoms with Gasteiger partial charge in [0.15, 0.2) is 5.78 Å². The normalized spacial score (nSPS) is 11.1. The molecule has 0 amide bonds. The number of rotatable bonds is 8. The van der Waals surface area contributed by atoms with Crippen molar-refractivity contribution in [1.29, 1.82) is 0 Å². The zero-order valence-electron chi connectivity index (χ0n) is 17.2. The van der Waals surface area contributed by atoms with Crippen LogP contribution in [-0.2, 0) is 20.7 Å². The number of hydrogen-bond donors (Lipinski definition) is 0. The van der Waals surface area contributed by atoms with Crippen molar-refractivity contribution in [2.45, 2.75) is 53.6 Å². The summed E-state index contributed by atoms with van der Waals surface area (Å²) in [4.78, 5) is 25.8. The molecule has 2 aromatic rings. The van der Waals surface area contributed by atoms with Crippen molar-refractivity contribution >= 4 is 20.9 Å². The first-order chi connectivity index (χ1) is 13.4. The summed E-state index contributed by atoms with van der Waals surface area (Å²) in [5.74, 6) is -1.28. The van der Waals surface area contributed by atoms with Crippen molar-refractivity contribution in [3.63, 3.8) is 0 Å². The number of ketones is 1. The van der Waals surface area contributed by atoms with Gasteiger partial charge in [-0.3, -0.25) is 9.59 Å². The molecule has 0 saturated carbocycles. The van der Waals surface area contributed by atoms with Crippen LogP contribution in [0, 0.1) is 26.7 Å². The quantitative estimate of drug-likeness (QED) is 0.252. The Morgan fingerprint density at radius 3 is 2.11 bits per heavy atom. The summed E-state index contributed by atoms with van der Waals surface area (Å²) in [6.07, 6.45) is 2.28. The molecule has 0 aliphatic heterocycles. The first kappa shape index (κ1) is 23.7. The fraction of sp³-hybridized carbons (Fsp3) is 0.391. The molecule has 2 aromatic carbocycles. The summed E-state index contributed by atoms with van der Waals surface area (Å²) in [5.41, 5.74) is 4.54. The Morgan fingerprint density at radius 2 is 1.57 bits per heavy atom. The van der Waals surface area contributed by atoms with Crippen molar-refractivity contribution in [3.05, 3.63) is 70.3 Å². The summed E-state index contributed by atoms with van der Waals surface area (Å²) >= 11 is 0. The van der Waals surface area contributed by atoms with Gasteiger partial charge >= 0.3 is 15.1 Å². The maximum atomic E-state index is 13.2. The van der Waals surface area contributed by atoms with Crippen LogP contribution in [-0.4, -0.2) is 11.8 Å². The Balaban J connectivity index is 0.00000190. The van der Waals surface area contributed by atoms with Crippen molar-refractivity contribution < 1.29 is 18.9 Å². The van der Waals surface area contributed by atoms with Gasteiger partial charge in [0.2, 0.25) is 0 Å². The first-order valence-corrected chi connectivity index (χ1v) is 9.97. The lowest BCUT2D eigenvalue weighted by molar-refractivity contribution is -0.148. The average Bonchev–Trinajstić information content (AvgIpc) is 2.68. The third-order valence-electron chi connectivity index (χ3n) is 4.59. The van der Waals surface area contributed by atoms with Gasteiger partial charge in [0.25, 0.3) is 0 Å².